The van der Waals surface area contributed by atoms with Gasteiger partial charge >= 0.3 is 0 Å². The van der Waals surface area contributed by atoms with Crippen molar-refractivity contribution in [3.05, 3.63) is 47.8 Å². The molecule has 3 nitrogen and oxygen atoms in total. The second-order valence-corrected chi connectivity index (χ2v) is 5.78. The molecule has 1 heterocycles. The Morgan fingerprint density at radius 1 is 1.29 bits per heavy atom. The van der Waals surface area contributed by atoms with Crippen molar-refractivity contribution in [2.45, 2.75) is 31.9 Å². The third kappa shape index (κ3) is 2.40. The van der Waals surface area contributed by atoms with Crippen LogP contribution in [-0.2, 0) is 4.74 Å². The molecule has 0 aromatic heterocycles. The zero-order valence-electron chi connectivity index (χ0n) is 12.2. The first-order valence-electron chi connectivity index (χ1n) is 7.13. The van der Waals surface area contributed by atoms with E-state index < -0.39 is 0 Å². The third-order valence-corrected chi connectivity index (χ3v) is 4.40. The van der Waals surface area contributed by atoms with Crippen LogP contribution < -0.4 is 5.32 Å². The van der Waals surface area contributed by atoms with E-state index >= 15 is 0 Å². The summed E-state index contributed by atoms with van der Waals surface area (Å²) in [5.74, 6) is -0.503. The number of amides is 1. The number of benzene rings is 2. The van der Waals surface area contributed by atoms with E-state index in [0.29, 0.717) is 22.9 Å². The normalized spacial score (nSPS) is 25.2. The van der Waals surface area contributed by atoms with Crippen molar-refractivity contribution in [2.24, 2.45) is 0 Å². The number of rotatable bonds is 2. The summed E-state index contributed by atoms with van der Waals surface area (Å²) in [7, 11) is 0. The molecule has 2 aromatic rings. The summed E-state index contributed by atoms with van der Waals surface area (Å²) in [5.41, 5.74) is 0.111. The van der Waals surface area contributed by atoms with Crippen LogP contribution >= 0.6 is 0 Å². The molecule has 1 aliphatic rings. The first kappa shape index (κ1) is 14.0. The van der Waals surface area contributed by atoms with Gasteiger partial charge in [0, 0.05) is 17.6 Å². The van der Waals surface area contributed by atoms with Crippen molar-refractivity contribution in [3.8, 4) is 0 Å². The van der Waals surface area contributed by atoms with Crippen molar-refractivity contribution >= 4 is 16.7 Å². The molecule has 2 aromatic carbocycles. The zero-order chi connectivity index (χ0) is 15.0. The van der Waals surface area contributed by atoms with E-state index in [2.05, 4.69) is 5.32 Å². The van der Waals surface area contributed by atoms with Gasteiger partial charge in [-0.1, -0.05) is 24.3 Å². The Hall–Kier alpha value is -1.94. The lowest BCUT2D eigenvalue weighted by molar-refractivity contribution is 0.0728. The number of ether oxygens (including phenoxy) is 1. The van der Waals surface area contributed by atoms with Gasteiger partial charge in [0.2, 0.25) is 0 Å². The van der Waals surface area contributed by atoms with Crippen LogP contribution in [0.1, 0.15) is 30.6 Å². The van der Waals surface area contributed by atoms with Gasteiger partial charge in [-0.25, -0.2) is 4.39 Å². The fourth-order valence-electron chi connectivity index (χ4n) is 2.79. The molecular formula is C17H18FNO2. The zero-order valence-corrected chi connectivity index (χ0v) is 12.2. The van der Waals surface area contributed by atoms with Gasteiger partial charge in [0.15, 0.2) is 0 Å². The van der Waals surface area contributed by atoms with Crippen molar-refractivity contribution in [1.29, 1.82) is 0 Å². The summed E-state index contributed by atoms with van der Waals surface area (Å²) in [6.45, 7) is 4.58. The Morgan fingerprint density at radius 2 is 2.00 bits per heavy atom. The Bertz CT molecular complexity index is 700. The largest absolute Gasteiger partial charge is 0.376 e. The van der Waals surface area contributed by atoms with Gasteiger partial charge in [0.25, 0.3) is 5.91 Å². The maximum absolute atomic E-state index is 13.8. The summed E-state index contributed by atoms with van der Waals surface area (Å²) < 4.78 is 19.4. The molecule has 1 aliphatic heterocycles. The monoisotopic (exact) mass is 287 g/mol. The minimum absolute atomic E-state index is 0.0341. The van der Waals surface area contributed by atoms with E-state index in [1.807, 2.05) is 19.9 Å². The molecule has 1 saturated heterocycles. The molecular weight excluding hydrogens is 269 g/mol. The summed E-state index contributed by atoms with van der Waals surface area (Å²) in [5, 5.41) is 4.14. The van der Waals surface area contributed by atoms with Crippen molar-refractivity contribution in [3.63, 3.8) is 0 Å². The van der Waals surface area contributed by atoms with Crippen molar-refractivity contribution in [1.82, 2.24) is 5.32 Å². The fraction of sp³-hybridized carbons (Fsp3) is 0.353. The number of hydrogen-bond acceptors (Lipinski definition) is 2. The predicted molar refractivity (Wildman–Crippen MR) is 79.8 cm³/mol. The molecule has 1 amide bonds. The van der Waals surface area contributed by atoms with Gasteiger partial charge in [-0.2, -0.15) is 0 Å². The van der Waals surface area contributed by atoms with Crippen LogP contribution in [0.2, 0.25) is 0 Å². The lowest BCUT2D eigenvalue weighted by Crippen LogP contribution is -2.50. The summed E-state index contributed by atoms with van der Waals surface area (Å²) in [4.78, 5) is 12.6. The topological polar surface area (TPSA) is 38.3 Å². The van der Waals surface area contributed by atoms with Crippen LogP contribution in [0.5, 0.6) is 0 Å². The van der Waals surface area contributed by atoms with Crippen LogP contribution in [0.15, 0.2) is 36.4 Å². The maximum atomic E-state index is 13.8. The highest BCUT2D eigenvalue weighted by atomic mass is 19.1. The SMILES string of the molecule is CC1OCCC1(C)NC(=O)c1ccc(F)c2ccccc12. The number of carbonyl (C=O) groups excluding carboxylic acids is 1. The van der Waals surface area contributed by atoms with Gasteiger partial charge in [-0.15, -0.1) is 0 Å². The second-order valence-electron chi connectivity index (χ2n) is 5.78. The van der Waals surface area contributed by atoms with Gasteiger partial charge in [-0.3, -0.25) is 4.79 Å². The Morgan fingerprint density at radius 3 is 2.67 bits per heavy atom. The molecule has 110 valence electrons. The number of fused-ring (bicyclic) bond motifs is 1. The standard InChI is InChI=1S/C17H18FNO2/c1-11-17(2,9-10-21-11)19-16(20)14-7-8-15(18)13-6-4-3-5-12(13)14/h3-8,11H,9-10H2,1-2H3,(H,19,20). The Kier molecular flexibility index (Phi) is 3.41. The van der Waals surface area contributed by atoms with Crippen LogP contribution in [0.3, 0.4) is 0 Å². The molecule has 1 N–H and O–H groups in total. The highest BCUT2D eigenvalue weighted by molar-refractivity contribution is 6.07. The highest BCUT2D eigenvalue weighted by Crippen LogP contribution is 2.27. The predicted octanol–water partition coefficient (Wildman–Crippen LogP) is 3.28. The van der Waals surface area contributed by atoms with Crippen LogP contribution in [0.4, 0.5) is 4.39 Å². The lowest BCUT2D eigenvalue weighted by atomic mass is 9.93. The minimum Gasteiger partial charge on any atom is -0.376 e. The van der Waals surface area contributed by atoms with Gasteiger partial charge in [-0.05, 0) is 37.8 Å². The van der Waals surface area contributed by atoms with Crippen LogP contribution in [0.25, 0.3) is 10.8 Å². The molecule has 0 saturated carbocycles. The van der Waals surface area contributed by atoms with Gasteiger partial charge < -0.3 is 10.1 Å². The number of halogens is 1. The molecule has 4 heteroatoms. The average Bonchev–Trinajstić information content (AvgIpc) is 2.79. The molecule has 1 fully saturated rings. The van der Waals surface area contributed by atoms with E-state index in [1.54, 1.807) is 18.2 Å². The van der Waals surface area contributed by atoms with E-state index in [9.17, 15) is 9.18 Å². The first-order chi connectivity index (χ1) is 10.0. The Labute approximate surface area is 123 Å². The van der Waals surface area contributed by atoms with Crippen LogP contribution in [0, 0.1) is 5.82 Å². The van der Waals surface area contributed by atoms with Crippen molar-refractivity contribution < 1.29 is 13.9 Å². The van der Waals surface area contributed by atoms with E-state index in [0.717, 1.165) is 6.42 Å². The Balaban J connectivity index is 1.97. The van der Waals surface area contributed by atoms with Gasteiger partial charge in [0.1, 0.15) is 5.82 Å². The molecule has 0 bridgehead atoms. The second kappa shape index (κ2) is 5.11. The molecule has 0 spiro atoms. The molecule has 2 atom stereocenters. The smallest absolute Gasteiger partial charge is 0.252 e. The fourth-order valence-corrected chi connectivity index (χ4v) is 2.79. The van der Waals surface area contributed by atoms with E-state index in [4.69, 9.17) is 4.74 Å². The minimum atomic E-state index is -0.382. The van der Waals surface area contributed by atoms with Crippen LogP contribution in [-0.4, -0.2) is 24.2 Å². The molecule has 0 radical (unpaired) electrons. The molecule has 2 unspecified atom stereocenters. The van der Waals surface area contributed by atoms with Gasteiger partial charge in [0.05, 0.1) is 11.6 Å². The number of nitrogens with one attached hydrogen (secondary N) is 1. The number of carbonyl (C=O) groups is 1. The third-order valence-electron chi connectivity index (χ3n) is 4.40. The average molecular weight is 287 g/mol. The number of hydrogen-bond donors (Lipinski definition) is 1. The molecule has 21 heavy (non-hydrogen) atoms. The molecule has 0 aliphatic carbocycles. The quantitative estimate of drug-likeness (QED) is 0.920. The summed E-state index contributed by atoms with van der Waals surface area (Å²) >= 11 is 0. The highest BCUT2D eigenvalue weighted by Gasteiger charge is 2.38. The van der Waals surface area contributed by atoms with E-state index in [-0.39, 0.29) is 23.4 Å². The van der Waals surface area contributed by atoms with Crippen molar-refractivity contribution in [2.75, 3.05) is 6.61 Å². The maximum Gasteiger partial charge on any atom is 0.252 e. The lowest BCUT2D eigenvalue weighted by Gasteiger charge is -2.29. The summed E-state index contributed by atoms with van der Waals surface area (Å²) in [6.07, 6.45) is 0.743. The first-order valence-corrected chi connectivity index (χ1v) is 7.13. The van der Waals surface area contributed by atoms with E-state index in [1.165, 1.54) is 12.1 Å². The molecule has 3 rings (SSSR count). The summed E-state index contributed by atoms with van der Waals surface area (Å²) in [6, 6.07) is 9.91.